The van der Waals surface area contributed by atoms with Crippen LogP contribution < -0.4 is 0 Å². The molecule has 0 saturated carbocycles. The smallest absolute Gasteiger partial charge is 0.156 e. The molecule has 5 heteroatoms. The summed E-state index contributed by atoms with van der Waals surface area (Å²) in [6.45, 7) is 5.56. The SMILES string of the molecule is Cc1ccc2nc(-c3ccc(CCc4ccc(CS(=O)(=O)C(C)C)cc4)cc3)sc2c1. The largest absolute Gasteiger partial charge is 0.236 e. The minimum atomic E-state index is -3.06. The Hall–Kier alpha value is -2.50. The molecule has 3 nitrogen and oxygen atoms in total. The molecule has 3 aromatic carbocycles. The third kappa shape index (κ3) is 5.23. The zero-order valence-electron chi connectivity index (χ0n) is 18.1. The number of nitrogens with zero attached hydrogens (tertiary/aromatic N) is 1. The predicted octanol–water partition coefficient (Wildman–Crippen LogP) is 6.38. The van der Waals surface area contributed by atoms with E-state index in [1.807, 2.05) is 24.3 Å². The summed E-state index contributed by atoms with van der Waals surface area (Å²) < 4.78 is 25.4. The lowest BCUT2D eigenvalue weighted by Crippen LogP contribution is -2.15. The molecular formula is C26H27NO2S2. The summed E-state index contributed by atoms with van der Waals surface area (Å²) in [7, 11) is -3.06. The van der Waals surface area contributed by atoms with Crippen molar-refractivity contribution in [3.05, 3.63) is 89.0 Å². The zero-order chi connectivity index (χ0) is 22.0. The third-order valence-corrected chi connectivity index (χ3v) is 8.80. The maximum absolute atomic E-state index is 12.1. The molecule has 0 bridgehead atoms. The van der Waals surface area contributed by atoms with Gasteiger partial charge in [0.05, 0.1) is 21.2 Å². The van der Waals surface area contributed by atoms with Crippen molar-refractivity contribution in [3.63, 3.8) is 0 Å². The Kier molecular flexibility index (Phi) is 6.26. The summed E-state index contributed by atoms with van der Waals surface area (Å²) in [6, 6.07) is 23.0. The fraction of sp³-hybridized carbons (Fsp3) is 0.269. The Morgan fingerprint density at radius 3 is 2.03 bits per heavy atom. The van der Waals surface area contributed by atoms with Gasteiger partial charge in [0.2, 0.25) is 0 Å². The molecule has 0 N–H and O–H groups in total. The van der Waals surface area contributed by atoms with Crippen LogP contribution in [0.3, 0.4) is 0 Å². The van der Waals surface area contributed by atoms with Crippen LogP contribution in [0.4, 0.5) is 0 Å². The fourth-order valence-electron chi connectivity index (χ4n) is 3.46. The Morgan fingerprint density at radius 2 is 1.42 bits per heavy atom. The molecule has 0 aliphatic rings. The van der Waals surface area contributed by atoms with Crippen molar-refractivity contribution < 1.29 is 8.42 Å². The molecule has 4 aromatic rings. The first-order valence-electron chi connectivity index (χ1n) is 10.6. The van der Waals surface area contributed by atoms with Gasteiger partial charge in [0.25, 0.3) is 0 Å². The highest BCUT2D eigenvalue weighted by atomic mass is 32.2. The predicted molar refractivity (Wildman–Crippen MR) is 131 cm³/mol. The topological polar surface area (TPSA) is 47.0 Å². The van der Waals surface area contributed by atoms with Gasteiger partial charge in [0.1, 0.15) is 5.01 Å². The van der Waals surface area contributed by atoms with E-state index in [2.05, 4.69) is 49.4 Å². The molecular weight excluding hydrogens is 422 g/mol. The maximum atomic E-state index is 12.1. The number of thiazole rings is 1. The lowest BCUT2D eigenvalue weighted by Gasteiger charge is -2.08. The third-order valence-electron chi connectivity index (χ3n) is 5.56. The molecule has 4 rings (SSSR count). The minimum absolute atomic E-state index is 0.109. The molecule has 1 aromatic heterocycles. The number of hydrogen-bond donors (Lipinski definition) is 0. The molecule has 1 heterocycles. The summed E-state index contributed by atoms with van der Waals surface area (Å²) >= 11 is 1.73. The molecule has 0 fully saturated rings. The van der Waals surface area contributed by atoms with Gasteiger partial charge in [-0.2, -0.15) is 0 Å². The number of aromatic nitrogens is 1. The van der Waals surface area contributed by atoms with Gasteiger partial charge in [-0.15, -0.1) is 11.3 Å². The van der Waals surface area contributed by atoms with Gasteiger partial charge in [-0.3, -0.25) is 0 Å². The molecule has 0 unspecified atom stereocenters. The van der Waals surface area contributed by atoms with Crippen molar-refractivity contribution in [1.82, 2.24) is 4.98 Å². The Bertz CT molecular complexity index is 1290. The highest BCUT2D eigenvalue weighted by Crippen LogP contribution is 2.31. The first kappa shape index (κ1) is 21.7. The maximum Gasteiger partial charge on any atom is 0.156 e. The van der Waals surface area contributed by atoms with E-state index in [-0.39, 0.29) is 11.0 Å². The second-order valence-corrected chi connectivity index (χ2v) is 11.9. The van der Waals surface area contributed by atoms with Crippen molar-refractivity contribution in [2.45, 2.75) is 44.6 Å². The van der Waals surface area contributed by atoms with Crippen molar-refractivity contribution >= 4 is 31.4 Å². The highest BCUT2D eigenvalue weighted by Gasteiger charge is 2.16. The Labute approximate surface area is 188 Å². The second kappa shape index (κ2) is 8.93. The molecule has 0 aliphatic carbocycles. The highest BCUT2D eigenvalue weighted by molar-refractivity contribution is 7.91. The van der Waals surface area contributed by atoms with Crippen LogP contribution in [-0.4, -0.2) is 18.7 Å². The first-order chi connectivity index (χ1) is 14.8. The van der Waals surface area contributed by atoms with Gasteiger partial charge in [-0.25, -0.2) is 13.4 Å². The lowest BCUT2D eigenvalue weighted by atomic mass is 10.0. The molecule has 0 radical (unpaired) electrons. The standard InChI is InChI=1S/C26H27NO2S2/c1-18(2)31(28,29)17-22-9-7-20(8-10-22)5-6-21-11-13-23(14-12-21)26-27-24-15-4-19(3)16-25(24)30-26/h4,7-16,18H,5-6,17H2,1-3H3. The number of sulfone groups is 1. The lowest BCUT2D eigenvalue weighted by molar-refractivity contribution is 0.586. The van der Waals surface area contributed by atoms with Crippen LogP contribution in [0.2, 0.25) is 0 Å². The number of benzene rings is 3. The van der Waals surface area contributed by atoms with E-state index in [0.29, 0.717) is 0 Å². The van der Waals surface area contributed by atoms with Crippen LogP contribution in [0.5, 0.6) is 0 Å². The summed E-state index contributed by atoms with van der Waals surface area (Å²) in [5.41, 5.74) is 6.82. The van der Waals surface area contributed by atoms with Crippen molar-refractivity contribution in [2.75, 3.05) is 0 Å². The van der Waals surface area contributed by atoms with Crippen LogP contribution >= 0.6 is 11.3 Å². The number of hydrogen-bond acceptors (Lipinski definition) is 4. The van der Waals surface area contributed by atoms with Crippen molar-refractivity contribution in [3.8, 4) is 10.6 Å². The summed E-state index contributed by atoms with van der Waals surface area (Å²) in [5, 5.41) is 0.709. The van der Waals surface area contributed by atoms with Gasteiger partial charge < -0.3 is 0 Å². The van der Waals surface area contributed by atoms with E-state index in [1.54, 1.807) is 25.2 Å². The first-order valence-corrected chi connectivity index (χ1v) is 13.1. The summed E-state index contributed by atoms with van der Waals surface area (Å²) in [5.74, 6) is 0.109. The quantitative estimate of drug-likeness (QED) is 0.329. The molecule has 0 atom stereocenters. The van der Waals surface area contributed by atoms with Gasteiger partial charge in [-0.1, -0.05) is 54.6 Å². The second-order valence-electron chi connectivity index (χ2n) is 8.36. The minimum Gasteiger partial charge on any atom is -0.236 e. The molecule has 0 aliphatic heterocycles. The average molecular weight is 450 g/mol. The monoisotopic (exact) mass is 449 g/mol. The van der Waals surface area contributed by atoms with Crippen molar-refractivity contribution in [2.24, 2.45) is 0 Å². The molecule has 160 valence electrons. The number of fused-ring (bicyclic) bond motifs is 1. The number of rotatable bonds is 7. The molecule has 0 amide bonds. The van der Waals surface area contributed by atoms with E-state index in [9.17, 15) is 8.42 Å². The summed E-state index contributed by atoms with van der Waals surface area (Å²) in [6.07, 6.45) is 1.87. The zero-order valence-corrected chi connectivity index (χ0v) is 19.8. The van der Waals surface area contributed by atoms with Gasteiger partial charge >= 0.3 is 0 Å². The van der Waals surface area contributed by atoms with E-state index < -0.39 is 9.84 Å². The fourth-order valence-corrected chi connectivity index (χ4v) is 5.52. The summed E-state index contributed by atoms with van der Waals surface area (Å²) in [4.78, 5) is 4.77. The van der Waals surface area contributed by atoms with Crippen LogP contribution in [0.15, 0.2) is 66.7 Å². The normalized spacial score (nSPS) is 12.0. The van der Waals surface area contributed by atoms with Crippen LogP contribution in [0.25, 0.3) is 20.8 Å². The van der Waals surface area contributed by atoms with Crippen LogP contribution in [-0.2, 0) is 28.4 Å². The average Bonchev–Trinajstić information content (AvgIpc) is 3.16. The van der Waals surface area contributed by atoms with Crippen LogP contribution in [0.1, 0.15) is 36.1 Å². The van der Waals surface area contributed by atoms with Gasteiger partial charge in [-0.05, 0) is 68.0 Å². The van der Waals surface area contributed by atoms with E-state index in [0.717, 1.165) is 34.5 Å². The Morgan fingerprint density at radius 1 is 0.839 bits per heavy atom. The molecule has 0 spiro atoms. The number of aryl methyl sites for hydroxylation is 3. The van der Waals surface area contributed by atoms with Crippen LogP contribution in [0, 0.1) is 6.92 Å². The molecule has 31 heavy (non-hydrogen) atoms. The van der Waals surface area contributed by atoms with E-state index >= 15 is 0 Å². The van der Waals surface area contributed by atoms with E-state index in [1.165, 1.54) is 21.4 Å². The Balaban J connectivity index is 1.39. The molecule has 0 saturated heterocycles. The van der Waals surface area contributed by atoms with Gasteiger partial charge in [0.15, 0.2) is 9.84 Å². The van der Waals surface area contributed by atoms with Gasteiger partial charge in [0, 0.05) is 5.56 Å². The van der Waals surface area contributed by atoms with Crippen molar-refractivity contribution in [1.29, 1.82) is 0 Å². The van der Waals surface area contributed by atoms with E-state index in [4.69, 9.17) is 4.98 Å².